The molecule has 1 fully saturated rings. The van der Waals surface area contributed by atoms with Crippen molar-refractivity contribution in [1.82, 2.24) is 20.0 Å². The zero-order chi connectivity index (χ0) is 19.4. The first-order valence-electron chi connectivity index (χ1n) is 10.0. The number of nitrogens with one attached hydrogen (secondary N) is 1. The van der Waals surface area contributed by atoms with Gasteiger partial charge in [0.05, 0.1) is 5.69 Å². The van der Waals surface area contributed by atoms with Crippen LogP contribution < -0.4 is 5.32 Å². The Morgan fingerprint density at radius 1 is 1.33 bits per heavy atom. The van der Waals surface area contributed by atoms with E-state index in [0.29, 0.717) is 17.5 Å². The lowest BCUT2D eigenvalue weighted by atomic mass is 10.1. The van der Waals surface area contributed by atoms with Crippen molar-refractivity contribution in [1.29, 1.82) is 0 Å². The molecule has 1 aliphatic rings. The number of rotatable bonds is 7. The summed E-state index contributed by atoms with van der Waals surface area (Å²) in [7, 11) is 1.85. The number of carbonyl (C=O) groups is 1. The van der Waals surface area contributed by atoms with Gasteiger partial charge in [-0.3, -0.25) is 14.4 Å². The van der Waals surface area contributed by atoms with Gasteiger partial charge in [0.1, 0.15) is 5.69 Å². The van der Waals surface area contributed by atoms with Crippen LogP contribution in [0.25, 0.3) is 0 Å². The monoisotopic (exact) mass is 368 g/mol. The number of carbonyl (C=O) groups excluding carboxylic acids is 1. The summed E-state index contributed by atoms with van der Waals surface area (Å²) >= 11 is 0. The molecule has 5 nitrogen and oxygen atoms in total. The van der Waals surface area contributed by atoms with Crippen LogP contribution in [0.3, 0.4) is 0 Å². The predicted molar refractivity (Wildman–Crippen MR) is 109 cm³/mol. The quantitative estimate of drug-likeness (QED) is 0.817. The predicted octanol–water partition coefficient (Wildman–Crippen LogP) is 3.18. The molecule has 1 atom stereocenters. The van der Waals surface area contributed by atoms with E-state index < -0.39 is 0 Å². The fourth-order valence-electron chi connectivity index (χ4n) is 3.84. The molecule has 0 radical (unpaired) electrons. The maximum absolute atomic E-state index is 12.6. The van der Waals surface area contributed by atoms with Crippen LogP contribution >= 0.6 is 0 Å². The molecule has 5 heteroatoms. The number of aryl methyl sites for hydroxylation is 2. The highest BCUT2D eigenvalue weighted by atomic mass is 16.2. The Kier molecular flexibility index (Phi) is 6.32. The van der Waals surface area contributed by atoms with E-state index in [4.69, 9.17) is 0 Å². The van der Waals surface area contributed by atoms with Gasteiger partial charge in [0, 0.05) is 26.7 Å². The van der Waals surface area contributed by atoms with Crippen LogP contribution in [-0.2, 0) is 20.0 Å². The number of aromatic nitrogens is 2. The Hall–Kier alpha value is -2.14. The van der Waals surface area contributed by atoms with Crippen molar-refractivity contribution in [3.8, 4) is 0 Å². The SMILES string of the molecule is Cc1ccccc1CN1CCC(CNC(=O)c2cc(CC(C)C)nn2C)C1. The first-order chi connectivity index (χ1) is 12.9. The molecule has 1 amide bonds. The lowest BCUT2D eigenvalue weighted by Crippen LogP contribution is -2.32. The molecule has 3 rings (SSSR count). The normalized spacial score (nSPS) is 17.6. The zero-order valence-electron chi connectivity index (χ0n) is 17.0. The Labute approximate surface area is 162 Å². The third kappa shape index (κ3) is 5.19. The standard InChI is InChI=1S/C22H32N4O/c1-16(2)11-20-12-21(25(4)24-20)22(27)23-13-18-9-10-26(14-18)15-19-8-6-5-7-17(19)3/h5-8,12,16,18H,9-11,13-15H2,1-4H3,(H,23,27). The molecule has 2 aromatic rings. The summed E-state index contributed by atoms with van der Waals surface area (Å²) in [4.78, 5) is 15.0. The van der Waals surface area contributed by atoms with Gasteiger partial charge in [-0.1, -0.05) is 38.1 Å². The summed E-state index contributed by atoms with van der Waals surface area (Å²) in [5.74, 6) is 1.03. The molecule has 146 valence electrons. The van der Waals surface area contributed by atoms with Gasteiger partial charge in [-0.15, -0.1) is 0 Å². The van der Waals surface area contributed by atoms with E-state index in [9.17, 15) is 4.79 Å². The average molecular weight is 369 g/mol. The van der Waals surface area contributed by atoms with Crippen LogP contribution in [0.2, 0.25) is 0 Å². The van der Waals surface area contributed by atoms with E-state index in [1.807, 2.05) is 13.1 Å². The van der Waals surface area contributed by atoms with Crippen LogP contribution in [0.4, 0.5) is 0 Å². The van der Waals surface area contributed by atoms with Gasteiger partial charge in [-0.05, 0) is 55.3 Å². The third-order valence-electron chi connectivity index (χ3n) is 5.36. The van der Waals surface area contributed by atoms with Crippen molar-refractivity contribution >= 4 is 5.91 Å². The van der Waals surface area contributed by atoms with Crippen LogP contribution in [0, 0.1) is 18.8 Å². The number of hydrogen-bond donors (Lipinski definition) is 1. The number of amides is 1. The van der Waals surface area contributed by atoms with Gasteiger partial charge >= 0.3 is 0 Å². The van der Waals surface area contributed by atoms with E-state index in [2.05, 4.69) is 60.4 Å². The van der Waals surface area contributed by atoms with Crippen LogP contribution in [0.5, 0.6) is 0 Å². The van der Waals surface area contributed by atoms with Gasteiger partial charge in [0.25, 0.3) is 5.91 Å². The van der Waals surface area contributed by atoms with Crippen molar-refractivity contribution in [2.45, 2.75) is 40.2 Å². The molecule has 1 aliphatic heterocycles. The van der Waals surface area contributed by atoms with Crippen molar-refractivity contribution < 1.29 is 4.79 Å². The molecule has 0 bridgehead atoms. The minimum Gasteiger partial charge on any atom is -0.350 e. The van der Waals surface area contributed by atoms with E-state index in [0.717, 1.165) is 44.7 Å². The molecule has 1 saturated heterocycles. The van der Waals surface area contributed by atoms with E-state index in [1.54, 1.807) is 4.68 Å². The first-order valence-corrected chi connectivity index (χ1v) is 10.0. The average Bonchev–Trinajstić information content (AvgIpc) is 3.20. The second-order valence-corrected chi connectivity index (χ2v) is 8.27. The van der Waals surface area contributed by atoms with Crippen LogP contribution in [0.1, 0.15) is 47.6 Å². The zero-order valence-corrected chi connectivity index (χ0v) is 17.0. The highest BCUT2D eigenvalue weighted by Gasteiger charge is 2.24. The second kappa shape index (κ2) is 8.70. The molecule has 0 aliphatic carbocycles. The fraction of sp³-hybridized carbons (Fsp3) is 0.545. The Morgan fingerprint density at radius 2 is 2.11 bits per heavy atom. The van der Waals surface area contributed by atoms with Crippen molar-refractivity contribution in [3.05, 3.63) is 52.8 Å². The van der Waals surface area contributed by atoms with Crippen LogP contribution in [-0.4, -0.2) is 40.2 Å². The molecule has 2 heterocycles. The van der Waals surface area contributed by atoms with Gasteiger partial charge in [0.15, 0.2) is 0 Å². The van der Waals surface area contributed by atoms with Gasteiger partial charge in [-0.2, -0.15) is 5.10 Å². The molecule has 1 N–H and O–H groups in total. The summed E-state index contributed by atoms with van der Waals surface area (Å²) in [6.07, 6.45) is 2.04. The lowest BCUT2D eigenvalue weighted by molar-refractivity contribution is 0.0938. The van der Waals surface area contributed by atoms with Gasteiger partial charge in [0.2, 0.25) is 0 Å². The van der Waals surface area contributed by atoms with Crippen LogP contribution in [0.15, 0.2) is 30.3 Å². The molecule has 1 aromatic heterocycles. The van der Waals surface area contributed by atoms with Crippen molar-refractivity contribution in [3.63, 3.8) is 0 Å². The second-order valence-electron chi connectivity index (χ2n) is 8.27. The Morgan fingerprint density at radius 3 is 2.85 bits per heavy atom. The molecule has 1 aromatic carbocycles. The molecular formula is C22H32N4O. The Bertz CT molecular complexity index is 780. The molecule has 0 spiro atoms. The van der Waals surface area contributed by atoms with Crippen molar-refractivity contribution in [2.24, 2.45) is 18.9 Å². The van der Waals surface area contributed by atoms with Gasteiger partial charge < -0.3 is 5.32 Å². The van der Waals surface area contributed by atoms with Crippen molar-refractivity contribution in [2.75, 3.05) is 19.6 Å². The lowest BCUT2D eigenvalue weighted by Gasteiger charge is -2.17. The minimum absolute atomic E-state index is 0.0163. The van der Waals surface area contributed by atoms with E-state index in [1.165, 1.54) is 11.1 Å². The first kappa shape index (κ1) is 19.6. The topological polar surface area (TPSA) is 50.2 Å². The molecule has 27 heavy (non-hydrogen) atoms. The maximum atomic E-state index is 12.6. The highest BCUT2D eigenvalue weighted by molar-refractivity contribution is 5.92. The molecule has 1 unspecified atom stereocenters. The summed E-state index contributed by atoms with van der Waals surface area (Å²) in [6, 6.07) is 10.5. The maximum Gasteiger partial charge on any atom is 0.269 e. The minimum atomic E-state index is -0.0163. The Balaban J connectivity index is 1.49. The number of likely N-dealkylation sites (tertiary alicyclic amines) is 1. The molecule has 0 saturated carbocycles. The van der Waals surface area contributed by atoms with E-state index >= 15 is 0 Å². The number of hydrogen-bond acceptors (Lipinski definition) is 3. The van der Waals surface area contributed by atoms with Gasteiger partial charge in [-0.25, -0.2) is 0 Å². The highest BCUT2D eigenvalue weighted by Crippen LogP contribution is 2.19. The smallest absolute Gasteiger partial charge is 0.269 e. The summed E-state index contributed by atoms with van der Waals surface area (Å²) in [6.45, 7) is 10.4. The number of benzene rings is 1. The molecular weight excluding hydrogens is 336 g/mol. The number of nitrogens with zero attached hydrogens (tertiary/aromatic N) is 3. The summed E-state index contributed by atoms with van der Waals surface area (Å²) in [5, 5.41) is 7.58. The summed E-state index contributed by atoms with van der Waals surface area (Å²) < 4.78 is 1.70. The largest absolute Gasteiger partial charge is 0.350 e. The van der Waals surface area contributed by atoms with E-state index in [-0.39, 0.29) is 5.91 Å². The third-order valence-corrected chi connectivity index (χ3v) is 5.36. The fourth-order valence-corrected chi connectivity index (χ4v) is 3.84. The summed E-state index contributed by atoms with van der Waals surface area (Å²) in [5.41, 5.74) is 4.39.